The monoisotopic (exact) mass is 389 g/mol. The van der Waals surface area contributed by atoms with E-state index < -0.39 is 5.83 Å². The molecule has 2 aliphatic carbocycles. The van der Waals surface area contributed by atoms with Crippen LogP contribution in [-0.4, -0.2) is 12.7 Å². The van der Waals surface area contributed by atoms with Crippen molar-refractivity contribution < 1.29 is 9.13 Å². The summed E-state index contributed by atoms with van der Waals surface area (Å²) in [5.74, 6) is 1.52. The second-order valence-electron chi connectivity index (χ2n) is 8.97. The Bertz CT molecular complexity index is 505. The van der Waals surface area contributed by atoms with E-state index >= 15 is 0 Å². The van der Waals surface area contributed by atoms with Crippen LogP contribution < -0.4 is 0 Å². The molecule has 158 valence electrons. The molecule has 0 radical (unpaired) electrons. The summed E-state index contributed by atoms with van der Waals surface area (Å²) in [7, 11) is 0. The summed E-state index contributed by atoms with van der Waals surface area (Å²) in [6.45, 7) is 3.23. The highest BCUT2D eigenvalue weighted by Crippen LogP contribution is 2.33. The summed E-state index contributed by atoms with van der Waals surface area (Å²) in [5.41, 5.74) is 0. The number of allylic oxidation sites excluding steroid dienone is 4. The van der Waals surface area contributed by atoms with Crippen molar-refractivity contribution in [2.24, 2.45) is 17.8 Å². The highest BCUT2D eigenvalue weighted by atomic mass is 19.1. The van der Waals surface area contributed by atoms with Crippen LogP contribution in [0, 0.1) is 29.1 Å². The van der Waals surface area contributed by atoms with Gasteiger partial charge in [-0.15, -0.1) is 0 Å². The predicted octanol–water partition coefficient (Wildman–Crippen LogP) is 7.66. The smallest absolute Gasteiger partial charge is 0.199 e. The molecule has 0 aliphatic heterocycles. The zero-order valence-corrected chi connectivity index (χ0v) is 17.9. The Hall–Kier alpha value is -1.14. The number of nitriles is 1. The molecule has 0 aromatic rings. The van der Waals surface area contributed by atoms with E-state index in [1.54, 1.807) is 6.08 Å². The van der Waals surface area contributed by atoms with Crippen molar-refractivity contribution in [3.8, 4) is 6.07 Å². The molecule has 28 heavy (non-hydrogen) atoms. The van der Waals surface area contributed by atoms with Crippen LogP contribution in [0.2, 0.25) is 0 Å². The molecule has 0 aromatic carbocycles. The fourth-order valence-corrected chi connectivity index (χ4v) is 4.78. The largest absolute Gasteiger partial charge is 0.378 e. The van der Waals surface area contributed by atoms with Crippen LogP contribution in [0.25, 0.3) is 0 Å². The predicted molar refractivity (Wildman–Crippen MR) is 114 cm³/mol. The van der Waals surface area contributed by atoms with E-state index in [0.29, 0.717) is 12.0 Å². The number of rotatable bonds is 11. The Labute approximate surface area is 172 Å². The van der Waals surface area contributed by atoms with Gasteiger partial charge in [-0.1, -0.05) is 70.4 Å². The summed E-state index contributed by atoms with van der Waals surface area (Å²) >= 11 is 0. The van der Waals surface area contributed by atoms with E-state index in [-0.39, 0.29) is 0 Å². The molecule has 0 heterocycles. The number of unbranched alkanes of at least 4 members (excludes halogenated alkanes) is 4. The number of hydrogen-bond acceptors (Lipinski definition) is 2. The fraction of sp³-hybridized carbons (Fsp3) is 0.800. The van der Waals surface area contributed by atoms with E-state index in [4.69, 9.17) is 10.00 Å². The van der Waals surface area contributed by atoms with Crippen LogP contribution in [0.1, 0.15) is 96.8 Å². The van der Waals surface area contributed by atoms with Gasteiger partial charge in [-0.25, -0.2) is 0 Å². The van der Waals surface area contributed by atoms with Crippen molar-refractivity contribution >= 4 is 0 Å². The highest BCUT2D eigenvalue weighted by Gasteiger charge is 2.24. The van der Waals surface area contributed by atoms with Crippen molar-refractivity contribution in [2.45, 2.75) is 103 Å². The lowest BCUT2D eigenvalue weighted by molar-refractivity contribution is -0.00664. The average Bonchev–Trinajstić information content (AvgIpc) is 2.73. The molecule has 0 N–H and O–H groups in total. The van der Waals surface area contributed by atoms with Crippen LogP contribution in [0.4, 0.5) is 4.39 Å². The second-order valence-corrected chi connectivity index (χ2v) is 8.97. The topological polar surface area (TPSA) is 33.0 Å². The molecule has 2 aliphatic rings. The Morgan fingerprint density at radius 3 is 2.32 bits per heavy atom. The van der Waals surface area contributed by atoms with E-state index in [1.165, 1.54) is 76.4 Å². The summed E-state index contributed by atoms with van der Waals surface area (Å²) < 4.78 is 19.0. The van der Waals surface area contributed by atoms with E-state index in [0.717, 1.165) is 44.1 Å². The number of halogens is 1. The van der Waals surface area contributed by atoms with Crippen molar-refractivity contribution in [1.29, 1.82) is 5.26 Å². The minimum absolute atomic E-state index is 0.410. The van der Waals surface area contributed by atoms with Crippen molar-refractivity contribution in [1.82, 2.24) is 0 Å². The molecule has 0 spiro atoms. The van der Waals surface area contributed by atoms with E-state index in [9.17, 15) is 4.39 Å². The Morgan fingerprint density at radius 2 is 1.64 bits per heavy atom. The number of ether oxygens (including phenoxy) is 1. The van der Waals surface area contributed by atoms with Crippen LogP contribution in [0.3, 0.4) is 0 Å². The molecule has 2 fully saturated rings. The third kappa shape index (κ3) is 9.37. The van der Waals surface area contributed by atoms with Gasteiger partial charge in [-0.3, -0.25) is 0 Å². The molecular weight excluding hydrogens is 349 g/mol. The maximum absolute atomic E-state index is 12.8. The van der Waals surface area contributed by atoms with Crippen LogP contribution in [0.5, 0.6) is 0 Å². The standard InChI is InChI=1S/C25H40FNO/c1-2-3-4-5-6-8-21-11-13-23(14-12-21)20-28-25-17-15-22(16-18-25)9-7-10-24(26)19-27/h7,9-10,21-23,25H,2-6,8,11-18,20H2,1H3/t21-,22-,23-,25-. The van der Waals surface area contributed by atoms with Gasteiger partial charge in [0.15, 0.2) is 5.83 Å². The van der Waals surface area contributed by atoms with Gasteiger partial charge in [0.1, 0.15) is 6.07 Å². The maximum Gasteiger partial charge on any atom is 0.199 e. The lowest BCUT2D eigenvalue weighted by Crippen LogP contribution is -2.25. The molecule has 2 nitrogen and oxygen atoms in total. The van der Waals surface area contributed by atoms with Crippen LogP contribution >= 0.6 is 0 Å². The molecule has 0 atom stereocenters. The lowest BCUT2D eigenvalue weighted by atomic mass is 9.80. The van der Waals surface area contributed by atoms with Crippen molar-refractivity contribution in [3.05, 3.63) is 24.1 Å². The van der Waals surface area contributed by atoms with Gasteiger partial charge in [0, 0.05) is 6.61 Å². The minimum Gasteiger partial charge on any atom is -0.378 e. The van der Waals surface area contributed by atoms with Crippen LogP contribution in [0.15, 0.2) is 24.1 Å². The molecule has 0 unspecified atom stereocenters. The maximum atomic E-state index is 12.8. The van der Waals surface area contributed by atoms with Crippen molar-refractivity contribution in [3.63, 3.8) is 0 Å². The first-order valence-corrected chi connectivity index (χ1v) is 11.8. The quantitative estimate of drug-likeness (QED) is 0.206. The van der Waals surface area contributed by atoms with Crippen LogP contribution in [-0.2, 0) is 4.74 Å². The molecule has 0 aromatic heterocycles. The molecule has 2 saturated carbocycles. The first-order valence-electron chi connectivity index (χ1n) is 11.8. The van der Waals surface area contributed by atoms with Gasteiger partial charge in [0.2, 0.25) is 0 Å². The molecular formula is C25H40FNO. The highest BCUT2D eigenvalue weighted by molar-refractivity contribution is 5.19. The minimum atomic E-state index is -0.723. The van der Waals surface area contributed by atoms with Gasteiger partial charge in [0.05, 0.1) is 6.10 Å². The molecule has 0 saturated heterocycles. The lowest BCUT2D eigenvalue weighted by Gasteiger charge is -2.31. The van der Waals surface area contributed by atoms with Gasteiger partial charge in [0.25, 0.3) is 0 Å². The molecule has 0 amide bonds. The van der Waals surface area contributed by atoms with E-state index in [2.05, 4.69) is 6.92 Å². The molecule has 3 heteroatoms. The Balaban J connectivity index is 1.52. The molecule has 2 rings (SSSR count). The Morgan fingerprint density at radius 1 is 0.964 bits per heavy atom. The zero-order valence-electron chi connectivity index (χ0n) is 17.9. The first kappa shape index (κ1) is 23.1. The zero-order chi connectivity index (χ0) is 20.0. The van der Waals surface area contributed by atoms with Gasteiger partial charge in [-0.05, 0) is 62.4 Å². The second kappa shape index (κ2) is 13.9. The number of nitrogens with zero attached hydrogens (tertiary/aromatic N) is 1. The van der Waals surface area contributed by atoms with Gasteiger partial charge >= 0.3 is 0 Å². The fourth-order valence-electron chi connectivity index (χ4n) is 4.78. The third-order valence-electron chi connectivity index (χ3n) is 6.70. The summed E-state index contributed by atoms with van der Waals surface area (Å²) in [6, 6.07) is 1.50. The third-order valence-corrected chi connectivity index (χ3v) is 6.70. The van der Waals surface area contributed by atoms with Crippen molar-refractivity contribution in [2.75, 3.05) is 6.61 Å². The summed E-state index contributed by atoms with van der Waals surface area (Å²) in [6.07, 6.45) is 23.8. The van der Waals surface area contributed by atoms with Gasteiger partial charge < -0.3 is 4.74 Å². The summed E-state index contributed by atoms with van der Waals surface area (Å²) in [5, 5.41) is 8.41. The first-order chi connectivity index (χ1) is 13.7. The molecule has 0 bridgehead atoms. The summed E-state index contributed by atoms with van der Waals surface area (Å²) in [4.78, 5) is 0. The average molecular weight is 390 g/mol. The number of hydrogen-bond donors (Lipinski definition) is 0. The van der Waals surface area contributed by atoms with E-state index in [1.807, 2.05) is 6.08 Å². The Kier molecular flexibility index (Phi) is 11.5. The normalized spacial score (nSPS) is 29.1. The van der Waals surface area contributed by atoms with Gasteiger partial charge in [-0.2, -0.15) is 9.65 Å². The SMILES string of the molecule is CCCCCCC[C@H]1CC[C@H](CO[C@H]2CC[C@H](C=CC=C(F)C#N)CC2)CC1.